The molecule has 0 aliphatic rings. The van der Waals surface area contributed by atoms with E-state index in [1.165, 1.54) is 0 Å². The molecule has 0 aliphatic carbocycles. The number of fused-ring (bicyclic) bond motifs is 1. The number of nitrogens with zero attached hydrogens (tertiary/aromatic N) is 4. The number of aryl methyl sites for hydroxylation is 2. The minimum absolute atomic E-state index is 0.643. The lowest BCUT2D eigenvalue weighted by atomic mass is 10.2. The summed E-state index contributed by atoms with van der Waals surface area (Å²) in [6, 6.07) is 17.7. The number of hydrogen-bond acceptors (Lipinski definition) is 5. The third kappa shape index (κ3) is 4.11. The van der Waals surface area contributed by atoms with E-state index in [9.17, 15) is 0 Å². The molecule has 0 amide bonds. The Kier molecular flexibility index (Phi) is 5.24. The molecule has 0 saturated carbocycles. The van der Waals surface area contributed by atoms with Gasteiger partial charge in [0.1, 0.15) is 11.0 Å². The minimum Gasteiger partial charge on any atom is -0.399 e. The van der Waals surface area contributed by atoms with E-state index in [1.54, 1.807) is 0 Å². The van der Waals surface area contributed by atoms with Gasteiger partial charge in [0.2, 0.25) is 0 Å². The van der Waals surface area contributed by atoms with Gasteiger partial charge in [-0.05, 0) is 42.3 Å². The van der Waals surface area contributed by atoms with Crippen LogP contribution in [-0.4, -0.2) is 19.7 Å². The van der Waals surface area contributed by atoms with Crippen LogP contribution in [0.2, 0.25) is 0 Å². The van der Waals surface area contributed by atoms with Gasteiger partial charge in [0.05, 0.1) is 5.69 Å². The van der Waals surface area contributed by atoms with Crippen molar-refractivity contribution in [2.45, 2.75) is 19.8 Å². The molecule has 0 spiro atoms. The van der Waals surface area contributed by atoms with Crippen LogP contribution in [-0.2, 0) is 13.5 Å². The first-order valence-corrected chi connectivity index (χ1v) is 9.73. The van der Waals surface area contributed by atoms with Crippen molar-refractivity contribution < 1.29 is 0 Å². The highest BCUT2D eigenvalue weighted by atomic mass is 15.3. The normalized spacial score (nSPS) is 11.4. The predicted molar refractivity (Wildman–Crippen MR) is 120 cm³/mol. The van der Waals surface area contributed by atoms with Crippen molar-refractivity contribution in [2.24, 2.45) is 7.05 Å². The van der Waals surface area contributed by atoms with Crippen LogP contribution in [0.1, 0.15) is 30.4 Å². The highest BCUT2D eigenvalue weighted by Crippen LogP contribution is 2.27. The molecule has 4 rings (SSSR count). The van der Waals surface area contributed by atoms with Gasteiger partial charge in [0.25, 0.3) is 0 Å². The summed E-state index contributed by atoms with van der Waals surface area (Å²) in [6.07, 6.45) is 5.83. The number of hydrogen-bond donors (Lipinski definition) is 2. The van der Waals surface area contributed by atoms with Crippen LogP contribution in [0.4, 0.5) is 17.2 Å². The molecule has 146 valence electrons. The molecule has 0 saturated heterocycles. The van der Waals surface area contributed by atoms with Crippen LogP contribution in [0.5, 0.6) is 0 Å². The molecule has 2 aromatic carbocycles. The predicted octanol–water partition coefficient (Wildman–Crippen LogP) is 4.81. The van der Waals surface area contributed by atoms with E-state index in [2.05, 4.69) is 29.5 Å². The summed E-state index contributed by atoms with van der Waals surface area (Å²) < 4.78 is 1.85. The van der Waals surface area contributed by atoms with Gasteiger partial charge in [-0.1, -0.05) is 49.8 Å². The number of nitrogens with two attached hydrogens (primary N) is 1. The van der Waals surface area contributed by atoms with E-state index in [-0.39, 0.29) is 0 Å². The van der Waals surface area contributed by atoms with Crippen LogP contribution in [0.3, 0.4) is 0 Å². The first kappa shape index (κ1) is 18.7. The monoisotopic (exact) mass is 384 g/mol. The highest BCUT2D eigenvalue weighted by molar-refractivity contribution is 5.90. The second-order valence-corrected chi connectivity index (χ2v) is 6.94. The lowest BCUT2D eigenvalue weighted by Crippen LogP contribution is -2.02. The van der Waals surface area contributed by atoms with Gasteiger partial charge in [-0.2, -0.15) is 5.10 Å². The maximum absolute atomic E-state index is 5.81. The third-order valence-electron chi connectivity index (χ3n) is 4.65. The van der Waals surface area contributed by atoms with E-state index in [1.807, 2.05) is 66.3 Å². The molecule has 0 atom stereocenters. The van der Waals surface area contributed by atoms with Crippen molar-refractivity contribution in [1.82, 2.24) is 19.7 Å². The lowest BCUT2D eigenvalue weighted by molar-refractivity contribution is 0.753. The van der Waals surface area contributed by atoms with Crippen LogP contribution in [0.15, 0.2) is 54.6 Å². The van der Waals surface area contributed by atoms with Crippen LogP contribution >= 0.6 is 0 Å². The largest absolute Gasteiger partial charge is 0.399 e. The molecule has 2 aromatic heterocycles. The zero-order valence-electron chi connectivity index (χ0n) is 16.6. The SMILES string of the molecule is CCCc1nn(C)c2c(Nc3ccc(N)cc3)nc(/C=C/c3ccccc3)nc12. The number of anilines is 3. The Morgan fingerprint density at radius 1 is 1.00 bits per heavy atom. The van der Waals surface area contributed by atoms with Gasteiger partial charge >= 0.3 is 0 Å². The molecule has 3 N–H and O–H groups in total. The number of aromatic nitrogens is 4. The summed E-state index contributed by atoms with van der Waals surface area (Å²) in [5.41, 5.74) is 11.3. The molecule has 4 aromatic rings. The van der Waals surface area contributed by atoms with Crippen LogP contribution in [0.25, 0.3) is 23.2 Å². The van der Waals surface area contributed by atoms with Crippen molar-refractivity contribution in [3.8, 4) is 0 Å². The van der Waals surface area contributed by atoms with E-state index in [4.69, 9.17) is 15.7 Å². The highest BCUT2D eigenvalue weighted by Gasteiger charge is 2.16. The summed E-state index contributed by atoms with van der Waals surface area (Å²) in [5.74, 6) is 1.37. The first-order chi connectivity index (χ1) is 14.1. The molecule has 0 fully saturated rings. The average molecular weight is 384 g/mol. The van der Waals surface area contributed by atoms with E-state index in [0.29, 0.717) is 5.82 Å². The maximum atomic E-state index is 5.81. The minimum atomic E-state index is 0.643. The first-order valence-electron chi connectivity index (χ1n) is 9.73. The molecule has 29 heavy (non-hydrogen) atoms. The number of rotatable bonds is 6. The Morgan fingerprint density at radius 3 is 2.48 bits per heavy atom. The Bertz CT molecular complexity index is 1140. The molecular formula is C23H24N6. The van der Waals surface area contributed by atoms with Crippen LogP contribution < -0.4 is 11.1 Å². The summed E-state index contributed by atoms with van der Waals surface area (Å²) in [7, 11) is 1.93. The third-order valence-corrected chi connectivity index (χ3v) is 4.65. The Balaban J connectivity index is 1.80. The molecule has 0 unspecified atom stereocenters. The zero-order chi connectivity index (χ0) is 20.2. The smallest absolute Gasteiger partial charge is 0.160 e. The van der Waals surface area contributed by atoms with Gasteiger partial charge < -0.3 is 11.1 Å². The van der Waals surface area contributed by atoms with Gasteiger partial charge in [-0.3, -0.25) is 4.68 Å². The second kappa shape index (κ2) is 8.14. The molecule has 2 heterocycles. The topological polar surface area (TPSA) is 81.7 Å². The van der Waals surface area contributed by atoms with Crippen molar-refractivity contribution >= 4 is 40.4 Å². The van der Waals surface area contributed by atoms with Crippen LogP contribution in [0, 0.1) is 0 Å². The Labute approximate surface area is 170 Å². The lowest BCUT2D eigenvalue weighted by Gasteiger charge is -2.09. The fourth-order valence-electron chi connectivity index (χ4n) is 3.26. The zero-order valence-corrected chi connectivity index (χ0v) is 16.6. The molecule has 6 nitrogen and oxygen atoms in total. The quantitative estimate of drug-likeness (QED) is 0.466. The molecule has 0 radical (unpaired) electrons. The summed E-state index contributed by atoms with van der Waals surface area (Å²) in [5, 5.41) is 8.09. The van der Waals surface area contributed by atoms with E-state index in [0.717, 1.165) is 52.3 Å². The Morgan fingerprint density at radius 2 is 1.76 bits per heavy atom. The van der Waals surface area contributed by atoms with Crippen molar-refractivity contribution in [3.05, 3.63) is 71.7 Å². The number of nitrogens with one attached hydrogen (secondary N) is 1. The van der Waals surface area contributed by atoms with Crippen molar-refractivity contribution in [2.75, 3.05) is 11.1 Å². The molecule has 0 bridgehead atoms. The van der Waals surface area contributed by atoms with E-state index >= 15 is 0 Å². The van der Waals surface area contributed by atoms with Gasteiger partial charge in [0, 0.05) is 18.4 Å². The standard InChI is InChI=1S/C23H24N6/c1-3-7-19-21-22(29(2)28-19)23(25-18-13-11-17(24)12-14-18)27-20(26-21)15-10-16-8-5-4-6-9-16/h4-6,8-15H,3,7,24H2,1-2H3,(H,25,26,27)/b15-10+. The van der Waals surface area contributed by atoms with Gasteiger partial charge in [-0.15, -0.1) is 0 Å². The number of nitrogen functional groups attached to an aromatic ring is 1. The molecular weight excluding hydrogens is 360 g/mol. The van der Waals surface area contributed by atoms with Gasteiger partial charge in [-0.25, -0.2) is 9.97 Å². The summed E-state index contributed by atoms with van der Waals surface area (Å²) >= 11 is 0. The molecule has 0 aliphatic heterocycles. The van der Waals surface area contributed by atoms with Crippen molar-refractivity contribution in [1.29, 1.82) is 0 Å². The number of benzene rings is 2. The summed E-state index contributed by atoms with van der Waals surface area (Å²) in [6.45, 7) is 2.14. The van der Waals surface area contributed by atoms with E-state index < -0.39 is 0 Å². The maximum Gasteiger partial charge on any atom is 0.160 e. The van der Waals surface area contributed by atoms with Crippen molar-refractivity contribution in [3.63, 3.8) is 0 Å². The fourth-order valence-corrected chi connectivity index (χ4v) is 3.26. The Hall–Kier alpha value is -3.67. The fraction of sp³-hybridized carbons (Fsp3) is 0.174. The second-order valence-electron chi connectivity index (χ2n) is 6.94. The molecule has 6 heteroatoms. The average Bonchev–Trinajstić information content (AvgIpc) is 3.05. The summed E-state index contributed by atoms with van der Waals surface area (Å²) in [4.78, 5) is 9.57. The van der Waals surface area contributed by atoms with Gasteiger partial charge in [0.15, 0.2) is 11.6 Å².